The number of rotatable bonds is 5. The Balaban J connectivity index is 1.25. The Morgan fingerprint density at radius 2 is 1.50 bits per heavy atom. The lowest BCUT2D eigenvalue weighted by Crippen LogP contribution is -2.14. The van der Waals surface area contributed by atoms with E-state index in [0.29, 0.717) is 16.9 Å². The SMILES string of the molecule is O=C(Nc1ccc(-c2nc3ccccc3[nH]2)cc1)c1ccc(NC(=O)C2CC2)cc1. The van der Waals surface area contributed by atoms with Gasteiger partial charge in [0.25, 0.3) is 5.91 Å². The molecule has 1 fully saturated rings. The zero-order valence-corrected chi connectivity index (χ0v) is 16.2. The van der Waals surface area contributed by atoms with E-state index in [2.05, 4.69) is 20.6 Å². The highest BCUT2D eigenvalue weighted by atomic mass is 16.2. The molecule has 1 aromatic heterocycles. The van der Waals surface area contributed by atoms with Crippen LogP contribution >= 0.6 is 0 Å². The molecule has 0 unspecified atom stereocenters. The lowest BCUT2D eigenvalue weighted by molar-refractivity contribution is -0.117. The van der Waals surface area contributed by atoms with Crippen LogP contribution in [0.25, 0.3) is 22.4 Å². The van der Waals surface area contributed by atoms with Crippen LogP contribution in [-0.2, 0) is 4.79 Å². The van der Waals surface area contributed by atoms with Gasteiger partial charge in [-0.15, -0.1) is 0 Å². The van der Waals surface area contributed by atoms with Crippen molar-refractivity contribution in [3.63, 3.8) is 0 Å². The first-order valence-electron chi connectivity index (χ1n) is 9.93. The van der Waals surface area contributed by atoms with Crippen molar-refractivity contribution in [2.45, 2.75) is 12.8 Å². The largest absolute Gasteiger partial charge is 0.338 e. The van der Waals surface area contributed by atoms with Gasteiger partial charge in [-0.2, -0.15) is 0 Å². The molecule has 5 rings (SSSR count). The van der Waals surface area contributed by atoms with Crippen molar-refractivity contribution in [2.75, 3.05) is 10.6 Å². The van der Waals surface area contributed by atoms with Gasteiger partial charge in [0, 0.05) is 28.4 Å². The van der Waals surface area contributed by atoms with Gasteiger partial charge in [-0.3, -0.25) is 9.59 Å². The lowest BCUT2D eigenvalue weighted by Gasteiger charge is -2.08. The van der Waals surface area contributed by atoms with Crippen molar-refractivity contribution in [3.05, 3.63) is 78.4 Å². The van der Waals surface area contributed by atoms with E-state index in [1.165, 1.54) is 0 Å². The quantitative estimate of drug-likeness (QED) is 0.451. The molecule has 1 aliphatic rings. The number of carbonyl (C=O) groups excluding carboxylic acids is 2. The Morgan fingerprint density at radius 1 is 0.833 bits per heavy atom. The first-order chi connectivity index (χ1) is 14.7. The van der Waals surface area contributed by atoms with Crippen LogP contribution in [0.15, 0.2) is 72.8 Å². The first kappa shape index (κ1) is 18.1. The number of benzene rings is 3. The summed E-state index contributed by atoms with van der Waals surface area (Å²) in [7, 11) is 0. The minimum absolute atomic E-state index is 0.0525. The summed E-state index contributed by atoms with van der Waals surface area (Å²) in [6.45, 7) is 0. The number of imidazole rings is 1. The number of amides is 2. The number of hydrogen-bond donors (Lipinski definition) is 3. The standard InChI is InChI=1S/C24H20N4O2/c29-23(16-5-6-16)26-19-13-9-17(10-14-19)24(30)25-18-11-7-15(8-12-18)22-27-20-3-1-2-4-21(20)28-22/h1-4,7-14,16H,5-6H2,(H,25,30)(H,26,29)(H,27,28). The van der Waals surface area contributed by atoms with Gasteiger partial charge in [-0.05, 0) is 73.5 Å². The van der Waals surface area contributed by atoms with Crippen LogP contribution in [0.4, 0.5) is 11.4 Å². The molecule has 1 saturated carbocycles. The third kappa shape index (κ3) is 3.80. The van der Waals surface area contributed by atoms with Crippen molar-refractivity contribution in [3.8, 4) is 11.4 Å². The van der Waals surface area contributed by atoms with Crippen LogP contribution < -0.4 is 10.6 Å². The topological polar surface area (TPSA) is 86.9 Å². The summed E-state index contributed by atoms with van der Waals surface area (Å²) in [4.78, 5) is 32.2. The second-order valence-electron chi connectivity index (χ2n) is 7.47. The highest BCUT2D eigenvalue weighted by Gasteiger charge is 2.29. The van der Waals surface area contributed by atoms with E-state index in [9.17, 15) is 9.59 Å². The van der Waals surface area contributed by atoms with Gasteiger partial charge in [0.15, 0.2) is 0 Å². The molecule has 6 heteroatoms. The average molecular weight is 396 g/mol. The van der Waals surface area contributed by atoms with Crippen LogP contribution in [0, 0.1) is 5.92 Å². The summed E-state index contributed by atoms with van der Waals surface area (Å²) < 4.78 is 0. The number of aromatic amines is 1. The molecule has 4 aromatic rings. The molecule has 2 amide bonds. The fourth-order valence-corrected chi connectivity index (χ4v) is 3.30. The van der Waals surface area contributed by atoms with Crippen molar-refractivity contribution in [2.24, 2.45) is 5.92 Å². The van der Waals surface area contributed by atoms with Gasteiger partial charge in [-0.1, -0.05) is 12.1 Å². The Labute approximate surface area is 173 Å². The Hall–Kier alpha value is -3.93. The van der Waals surface area contributed by atoms with Crippen LogP contribution in [0.2, 0.25) is 0 Å². The molecule has 0 bridgehead atoms. The van der Waals surface area contributed by atoms with Crippen molar-refractivity contribution in [1.82, 2.24) is 9.97 Å². The number of para-hydroxylation sites is 2. The van der Waals surface area contributed by atoms with E-state index in [-0.39, 0.29) is 17.7 Å². The van der Waals surface area contributed by atoms with Gasteiger partial charge in [-0.25, -0.2) is 4.98 Å². The van der Waals surface area contributed by atoms with E-state index in [1.807, 2.05) is 48.5 Å². The van der Waals surface area contributed by atoms with E-state index in [4.69, 9.17) is 0 Å². The molecule has 0 saturated heterocycles. The molecule has 148 valence electrons. The van der Waals surface area contributed by atoms with E-state index >= 15 is 0 Å². The Morgan fingerprint density at radius 3 is 2.20 bits per heavy atom. The second-order valence-corrected chi connectivity index (χ2v) is 7.47. The maximum atomic E-state index is 12.5. The smallest absolute Gasteiger partial charge is 0.255 e. The highest BCUT2D eigenvalue weighted by molar-refractivity contribution is 6.04. The number of carbonyl (C=O) groups is 2. The number of fused-ring (bicyclic) bond motifs is 1. The number of nitrogens with zero attached hydrogens (tertiary/aromatic N) is 1. The molecule has 1 heterocycles. The second kappa shape index (κ2) is 7.48. The lowest BCUT2D eigenvalue weighted by atomic mass is 10.1. The number of aromatic nitrogens is 2. The zero-order valence-electron chi connectivity index (χ0n) is 16.2. The Bertz CT molecular complexity index is 1190. The molecule has 0 spiro atoms. The highest BCUT2D eigenvalue weighted by Crippen LogP contribution is 2.30. The number of H-pyrrole nitrogens is 1. The van der Waals surface area contributed by atoms with Crippen LogP contribution in [-0.4, -0.2) is 21.8 Å². The van der Waals surface area contributed by atoms with Crippen molar-refractivity contribution in [1.29, 1.82) is 0 Å². The normalized spacial score (nSPS) is 13.2. The summed E-state index contributed by atoms with van der Waals surface area (Å²) in [5.74, 6) is 0.789. The molecule has 30 heavy (non-hydrogen) atoms. The molecule has 0 atom stereocenters. The summed E-state index contributed by atoms with van der Waals surface area (Å²) in [6.07, 6.45) is 1.92. The van der Waals surface area contributed by atoms with E-state index < -0.39 is 0 Å². The Kier molecular flexibility index (Phi) is 4.52. The van der Waals surface area contributed by atoms with Gasteiger partial charge in [0.1, 0.15) is 5.82 Å². The third-order valence-electron chi connectivity index (χ3n) is 5.17. The molecular formula is C24H20N4O2. The zero-order chi connectivity index (χ0) is 20.5. The first-order valence-corrected chi connectivity index (χ1v) is 9.93. The van der Waals surface area contributed by atoms with Crippen LogP contribution in [0.5, 0.6) is 0 Å². The van der Waals surface area contributed by atoms with Gasteiger partial charge in [0.05, 0.1) is 11.0 Å². The van der Waals surface area contributed by atoms with Crippen LogP contribution in [0.1, 0.15) is 23.2 Å². The fourth-order valence-electron chi connectivity index (χ4n) is 3.30. The number of nitrogens with one attached hydrogen (secondary N) is 3. The summed E-state index contributed by atoms with van der Waals surface area (Å²) in [5, 5.41) is 5.77. The molecular weight excluding hydrogens is 376 g/mol. The van der Waals surface area contributed by atoms with E-state index in [0.717, 1.165) is 35.3 Å². The van der Waals surface area contributed by atoms with Crippen LogP contribution in [0.3, 0.4) is 0 Å². The average Bonchev–Trinajstić information content (AvgIpc) is 3.53. The molecule has 0 radical (unpaired) electrons. The van der Waals surface area contributed by atoms with Crippen molar-refractivity contribution >= 4 is 34.2 Å². The minimum Gasteiger partial charge on any atom is -0.338 e. The van der Waals surface area contributed by atoms with Gasteiger partial charge in [0.2, 0.25) is 5.91 Å². The molecule has 0 aliphatic heterocycles. The fraction of sp³-hybridized carbons (Fsp3) is 0.125. The number of hydrogen-bond acceptors (Lipinski definition) is 3. The summed E-state index contributed by atoms with van der Waals surface area (Å²) in [6, 6.07) is 22.3. The molecule has 3 N–H and O–H groups in total. The molecule has 3 aromatic carbocycles. The van der Waals surface area contributed by atoms with Gasteiger partial charge >= 0.3 is 0 Å². The third-order valence-corrected chi connectivity index (χ3v) is 5.17. The molecule has 1 aliphatic carbocycles. The summed E-state index contributed by atoms with van der Waals surface area (Å²) >= 11 is 0. The maximum Gasteiger partial charge on any atom is 0.255 e. The predicted octanol–water partition coefficient (Wildman–Crippen LogP) is 4.83. The van der Waals surface area contributed by atoms with Gasteiger partial charge < -0.3 is 15.6 Å². The maximum absolute atomic E-state index is 12.5. The van der Waals surface area contributed by atoms with Crippen molar-refractivity contribution < 1.29 is 9.59 Å². The predicted molar refractivity (Wildman–Crippen MR) is 117 cm³/mol. The van der Waals surface area contributed by atoms with E-state index in [1.54, 1.807) is 24.3 Å². The summed E-state index contributed by atoms with van der Waals surface area (Å²) in [5.41, 5.74) is 4.79. The number of anilines is 2. The molecule has 6 nitrogen and oxygen atoms in total. The minimum atomic E-state index is -0.202. The monoisotopic (exact) mass is 396 g/mol.